The third-order valence-electron chi connectivity index (χ3n) is 2.38. The Balaban J connectivity index is 2.58. The average molecular weight is 290 g/mol. The van der Waals surface area contributed by atoms with Crippen LogP contribution in [0.2, 0.25) is 5.02 Å². The quantitative estimate of drug-likeness (QED) is 0.916. The molecule has 3 nitrogen and oxygen atoms in total. The van der Waals surface area contributed by atoms with Crippen molar-refractivity contribution in [2.45, 2.75) is 6.18 Å². The number of amides is 1. The molecule has 0 bridgehead atoms. The topological polar surface area (TPSA) is 56.2 Å². The van der Waals surface area contributed by atoms with Gasteiger partial charge in [-0.2, -0.15) is 13.2 Å². The summed E-state index contributed by atoms with van der Waals surface area (Å²) >= 11 is 5.68. The summed E-state index contributed by atoms with van der Waals surface area (Å²) in [5.41, 5.74) is 5.01. The normalized spacial score (nSPS) is 11.6. The van der Waals surface area contributed by atoms with Crippen LogP contribution in [0.15, 0.2) is 34.7 Å². The molecule has 0 aliphatic carbocycles. The van der Waals surface area contributed by atoms with E-state index >= 15 is 0 Å². The average Bonchev–Trinajstić information content (AvgIpc) is 2.74. The molecule has 2 N–H and O–H groups in total. The van der Waals surface area contributed by atoms with Crippen LogP contribution >= 0.6 is 11.6 Å². The molecule has 0 saturated carbocycles. The van der Waals surface area contributed by atoms with Crippen molar-refractivity contribution in [2.24, 2.45) is 5.73 Å². The first-order valence-corrected chi connectivity index (χ1v) is 5.43. The van der Waals surface area contributed by atoms with Gasteiger partial charge in [0, 0.05) is 16.7 Å². The fourth-order valence-electron chi connectivity index (χ4n) is 1.53. The van der Waals surface area contributed by atoms with Crippen LogP contribution in [0.1, 0.15) is 16.1 Å². The van der Waals surface area contributed by atoms with Crippen LogP contribution in [0, 0.1) is 0 Å². The number of furan rings is 1. The Labute approximate surface area is 110 Å². The zero-order valence-electron chi connectivity index (χ0n) is 9.29. The zero-order valence-corrected chi connectivity index (χ0v) is 10.0. The molecule has 0 atom stereocenters. The fourth-order valence-corrected chi connectivity index (χ4v) is 1.66. The number of carbonyl (C=O) groups is 1. The highest BCUT2D eigenvalue weighted by molar-refractivity contribution is 6.30. The van der Waals surface area contributed by atoms with Crippen LogP contribution in [0.3, 0.4) is 0 Å². The molecule has 19 heavy (non-hydrogen) atoms. The smallest absolute Gasteiger partial charge is 0.449 e. The second-order valence-corrected chi connectivity index (χ2v) is 4.16. The van der Waals surface area contributed by atoms with Gasteiger partial charge in [-0.05, 0) is 24.3 Å². The molecule has 1 aromatic heterocycles. The standard InChI is InChI=1S/C12H7ClF3NO2/c13-7-3-1-6(2-4-7)10-8(11(17)18)5-9(19-10)12(14,15)16/h1-5H,(H2,17,18). The summed E-state index contributed by atoms with van der Waals surface area (Å²) in [6, 6.07) is 6.41. The lowest BCUT2D eigenvalue weighted by atomic mass is 10.1. The number of alkyl halides is 3. The van der Waals surface area contributed by atoms with E-state index in [9.17, 15) is 18.0 Å². The molecule has 0 aliphatic heterocycles. The minimum atomic E-state index is -4.69. The minimum Gasteiger partial charge on any atom is -0.451 e. The lowest BCUT2D eigenvalue weighted by molar-refractivity contribution is -0.152. The molecule has 100 valence electrons. The number of hydrogen-bond acceptors (Lipinski definition) is 2. The van der Waals surface area contributed by atoms with Crippen molar-refractivity contribution in [1.82, 2.24) is 0 Å². The van der Waals surface area contributed by atoms with E-state index in [0.29, 0.717) is 11.1 Å². The van der Waals surface area contributed by atoms with Crippen LogP contribution in [-0.4, -0.2) is 5.91 Å². The molecule has 1 aromatic carbocycles. The monoisotopic (exact) mass is 289 g/mol. The summed E-state index contributed by atoms with van der Waals surface area (Å²) in [6.45, 7) is 0. The van der Waals surface area contributed by atoms with Gasteiger partial charge >= 0.3 is 6.18 Å². The molecular weight excluding hydrogens is 283 g/mol. The zero-order chi connectivity index (χ0) is 14.2. The Kier molecular flexibility index (Phi) is 3.28. The van der Waals surface area contributed by atoms with E-state index in [1.165, 1.54) is 24.3 Å². The van der Waals surface area contributed by atoms with Gasteiger partial charge in [0.2, 0.25) is 5.76 Å². The van der Waals surface area contributed by atoms with Crippen molar-refractivity contribution in [3.8, 4) is 11.3 Å². The molecule has 0 spiro atoms. The Hall–Kier alpha value is -1.95. The molecule has 0 radical (unpaired) electrons. The Morgan fingerprint density at radius 1 is 1.21 bits per heavy atom. The van der Waals surface area contributed by atoms with Gasteiger partial charge in [-0.1, -0.05) is 11.6 Å². The third kappa shape index (κ3) is 2.73. The molecule has 2 aromatic rings. The second kappa shape index (κ2) is 4.62. The van der Waals surface area contributed by atoms with E-state index in [2.05, 4.69) is 0 Å². The highest BCUT2D eigenvalue weighted by Gasteiger charge is 2.37. The van der Waals surface area contributed by atoms with Gasteiger partial charge < -0.3 is 10.2 Å². The summed E-state index contributed by atoms with van der Waals surface area (Å²) in [7, 11) is 0. The van der Waals surface area contributed by atoms with Crippen molar-refractivity contribution < 1.29 is 22.4 Å². The molecule has 1 amide bonds. The molecule has 1 heterocycles. The number of rotatable bonds is 2. The molecular formula is C12H7ClF3NO2. The number of nitrogens with two attached hydrogens (primary N) is 1. The molecule has 7 heteroatoms. The van der Waals surface area contributed by atoms with E-state index in [-0.39, 0.29) is 16.9 Å². The highest BCUT2D eigenvalue weighted by atomic mass is 35.5. The number of halogens is 4. The first-order chi connectivity index (χ1) is 8.79. The van der Waals surface area contributed by atoms with Crippen molar-refractivity contribution in [3.63, 3.8) is 0 Å². The van der Waals surface area contributed by atoms with Gasteiger partial charge in [0.1, 0.15) is 5.76 Å². The van der Waals surface area contributed by atoms with Crippen LogP contribution in [0.25, 0.3) is 11.3 Å². The van der Waals surface area contributed by atoms with Gasteiger partial charge in [-0.25, -0.2) is 0 Å². The van der Waals surface area contributed by atoms with E-state index in [1.54, 1.807) is 0 Å². The lowest BCUT2D eigenvalue weighted by Crippen LogP contribution is -2.11. The molecule has 2 rings (SSSR count). The van der Waals surface area contributed by atoms with Crippen LogP contribution < -0.4 is 5.73 Å². The third-order valence-corrected chi connectivity index (χ3v) is 2.64. The summed E-state index contributed by atoms with van der Waals surface area (Å²) in [5.74, 6) is -2.49. The molecule has 0 aliphatic rings. The predicted molar refractivity (Wildman–Crippen MR) is 62.7 cm³/mol. The first kappa shape index (κ1) is 13.5. The van der Waals surface area contributed by atoms with Gasteiger partial charge in [0.05, 0.1) is 5.56 Å². The Morgan fingerprint density at radius 3 is 2.26 bits per heavy atom. The SMILES string of the molecule is NC(=O)c1cc(C(F)(F)F)oc1-c1ccc(Cl)cc1. The predicted octanol–water partition coefficient (Wildman–Crippen LogP) is 3.72. The van der Waals surface area contributed by atoms with Crippen molar-refractivity contribution in [2.75, 3.05) is 0 Å². The fraction of sp³-hybridized carbons (Fsp3) is 0.0833. The maximum atomic E-state index is 12.6. The summed E-state index contributed by atoms with van der Waals surface area (Å²) in [6.07, 6.45) is -4.69. The number of hydrogen-bond donors (Lipinski definition) is 1. The van der Waals surface area contributed by atoms with E-state index < -0.39 is 17.8 Å². The van der Waals surface area contributed by atoms with Gasteiger partial charge in [0.15, 0.2) is 0 Å². The Morgan fingerprint density at radius 2 is 1.79 bits per heavy atom. The van der Waals surface area contributed by atoms with Gasteiger partial charge in [0.25, 0.3) is 5.91 Å². The molecule has 0 fully saturated rings. The Bertz CT molecular complexity index is 617. The summed E-state index contributed by atoms with van der Waals surface area (Å²) in [4.78, 5) is 11.2. The van der Waals surface area contributed by atoms with Crippen molar-refractivity contribution in [1.29, 1.82) is 0 Å². The largest absolute Gasteiger partial charge is 0.451 e. The van der Waals surface area contributed by atoms with Crippen molar-refractivity contribution in [3.05, 3.63) is 46.7 Å². The van der Waals surface area contributed by atoms with E-state index in [4.69, 9.17) is 21.8 Å². The maximum absolute atomic E-state index is 12.6. The van der Waals surface area contributed by atoms with Gasteiger partial charge in [-0.15, -0.1) is 0 Å². The lowest BCUT2D eigenvalue weighted by Gasteiger charge is -2.01. The van der Waals surface area contributed by atoms with E-state index in [1.807, 2.05) is 0 Å². The van der Waals surface area contributed by atoms with Crippen LogP contribution in [-0.2, 0) is 6.18 Å². The number of benzene rings is 1. The van der Waals surface area contributed by atoms with Crippen LogP contribution in [0.4, 0.5) is 13.2 Å². The van der Waals surface area contributed by atoms with Crippen LogP contribution in [0.5, 0.6) is 0 Å². The number of primary amides is 1. The summed E-state index contributed by atoms with van der Waals surface area (Å²) < 4.78 is 42.4. The molecule has 0 unspecified atom stereocenters. The minimum absolute atomic E-state index is 0.225. The van der Waals surface area contributed by atoms with E-state index in [0.717, 1.165) is 0 Å². The van der Waals surface area contributed by atoms with Gasteiger partial charge in [-0.3, -0.25) is 4.79 Å². The highest BCUT2D eigenvalue weighted by Crippen LogP contribution is 2.36. The first-order valence-electron chi connectivity index (χ1n) is 5.06. The van der Waals surface area contributed by atoms with Crippen molar-refractivity contribution >= 4 is 17.5 Å². The summed E-state index contributed by atoms with van der Waals surface area (Å²) in [5, 5.41) is 0.409. The maximum Gasteiger partial charge on any atom is 0.449 e. The number of carbonyl (C=O) groups excluding carboxylic acids is 1. The second-order valence-electron chi connectivity index (χ2n) is 3.72. The molecule has 0 saturated heterocycles.